The van der Waals surface area contributed by atoms with E-state index in [1.165, 1.54) is 17.7 Å². The first-order valence-corrected chi connectivity index (χ1v) is 11.3. The number of hydrogen-bond acceptors (Lipinski definition) is 7. The molecule has 35 heavy (non-hydrogen) atoms. The van der Waals surface area contributed by atoms with Gasteiger partial charge in [0.2, 0.25) is 0 Å². The van der Waals surface area contributed by atoms with Crippen molar-refractivity contribution in [2.24, 2.45) is 7.05 Å². The summed E-state index contributed by atoms with van der Waals surface area (Å²) < 4.78 is 31.2. The number of piperazine rings is 1. The Morgan fingerprint density at radius 2 is 1.83 bits per heavy atom. The van der Waals surface area contributed by atoms with Crippen LogP contribution in [0.5, 0.6) is 5.75 Å². The Morgan fingerprint density at radius 3 is 2.46 bits per heavy atom. The van der Waals surface area contributed by atoms with E-state index < -0.39 is 17.7 Å². The maximum Gasteiger partial charge on any atom is 0.252 e. The third-order valence-corrected chi connectivity index (χ3v) is 6.67. The van der Waals surface area contributed by atoms with Crippen LogP contribution in [0.4, 0.5) is 14.5 Å². The van der Waals surface area contributed by atoms with Gasteiger partial charge in [-0.05, 0) is 32.9 Å². The number of rotatable bonds is 5. The van der Waals surface area contributed by atoms with E-state index in [2.05, 4.69) is 20.8 Å². The highest BCUT2D eigenvalue weighted by Gasteiger charge is 2.35. The van der Waals surface area contributed by atoms with Crippen LogP contribution >= 0.6 is 0 Å². The summed E-state index contributed by atoms with van der Waals surface area (Å²) in [6.45, 7) is 6.73. The molecule has 8 nitrogen and oxygen atoms in total. The maximum absolute atomic E-state index is 14.8. The van der Waals surface area contributed by atoms with Gasteiger partial charge in [0, 0.05) is 62.0 Å². The summed E-state index contributed by atoms with van der Waals surface area (Å²) in [5, 5.41) is 9.33. The van der Waals surface area contributed by atoms with Gasteiger partial charge in [-0.25, -0.2) is 13.8 Å². The average Bonchev–Trinajstić information content (AvgIpc) is 2.82. The van der Waals surface area contributed by atoms with Crippen LogP contribution in [0.2, 0.25) is 0 Å². The first-order valence-electron chi connectivity index (χ1n) is 11.3. The Bertz CT molecular complexity index is 1350. The van der Waals surface area contributed by atoms with Crippen LogP contribution in [-0.2, 0) is 11.9 Å². The summed E-state index contributed by atoms with van der Waals surface area (Å²) in [4.78, 5) is 30.5. The number of anilines is 1. The lowest BCUT2D eigenvalue weighted by Gasteiger charge is -2.47. The van der Waals surface area contributed by atoms with Gasteiger partial charge < -0.3 is 14.4 Å². The smallest absolute Gasteiger partial charge is 0.252 e. The molecule has 0 radical (unpaired) electrons. The lowest BCUT2D eigenvalue weighted by Crippen LogP contribution is -2.57. The fourth-order valence-corrected chi connectivity index (χ4v) is 4.89. The van der Waals surface area contributed by atoms with E-state index in [9.17, 15) is 18.8 Å². The molecule has 3 atom stereocenters. The van der Waals surface area contributed by atoms with Crippen molar-refractivity contribution in [2.45, 2.75) is 38.9 Å². The van der Waals surface area contributed by atoms with Crippen molar-refractivity contribution in [1.29, 1.82) is 5.26 Å². The summed E-state index contributed by atoms with van der Waals surface area (Å²) in [5.41, 5.74) is 1.88. The Labute approximate surface area is 201 Å². The summed E-state index contributed by atoms with van der Waals surface area (Å²) in [7, 11) is 2.93. The second-order valence-corrected chi connectivity index (χ2v) is 8.88. The molecule has 3 aromatic rings. The first kappa shape index (κ1) is 24.6. The van der Waals surface area contributed by atoms with Crippen LogP contribution in [0.3, 0.4) is 0 Å². The van der Waals surface area contributed by atoms with Crippen LogP contribution in [0.1, 0.15) is 38.1 Å². The number of halogens is 2. The van der Waals surface area contributed by atoms with E-state index in [-0.39, 0.29) is 34.6 Å². The SMILES string of the molecule is COOc1cc(F)c(C(C)N2C[C@H](C)N(c3cc(=O)n(C)c4ccc(C#N)nc34)C[C@H]2C)c(F)c1. The number of pyridine rings is 2. The Morgan fingerprint density at radius 1 is 1.14 bits per heavy atom. The van der Waals surface area contributed by atoms with Gasteiger partial charge in [0.15, 0.2) is 5.75 Å². The van der Waals surface area contributed by atoms with Crippen molar-refractivity contribution in [3.63, 3.8) is 0 Å². The van der Waals surface area contributed by atoms with Gasteiger partial charge in [-0.3, -0.25) is 9.69 Å². The highest BCUT2D eigenvalue weighted by atomic mass is 19.1. The third kappa shape index (κ3) is 4.45. The zero-order chi connectivity index (χ0) is 25.4. The fourth-order valence-electron chi connectivity index (χ4n) is 4.89. The Balaban J connectivity index is 1.68. The average molecular weight is 484 g/mol. The van der Waals surface area contributed by atoms with E-state index in [4.69, 9.17) is 4.89 Å². The molecular weight excluding hydrogens is 456 g/mol. The Kier molecular flexibility index (Phi) is 6.74. The van der Waals surface area contributed by atoms with Crippen molar-refractivity contribution >= 4 is 16.7 Å². The van der Waals surface area contributed by atoms with Gasteiger partial charge in [-0.15, -0.1) is 0 Å². The number of benzene rings is 1. The molecular formula is C25H27F2N5O3. The lowest BCUT2D eigenvalue weighted by molar-refractivity contribution is -0.178. The van der Waals surface area contributed by atoms with Crippen molar-refractivity contribution in [3.8, 4) is 11.8 Å². The predicted molar refractivity (Wildman–Crippen MR) is 127 cm³/mol. The molecule has 0 saturated carbocycles. The van der Waals surface area contributed by atoms with Crippen molar-refractivity contribution < 1.29 is 18.6 Å². The fraction of sp³-hybridized carbons (Fsp3) is 0.400. The topological polar surface area (TPSA) is 83.6 Å². The molecule has 1 aliphatic heterocycles. The van der Waals surface area contributed by atoms with Crippen LogP contribution in [0, 0.1) is 23.0 Å². The van der Waals surface area contributed by atoms with E-state index in [0.29, 0.717) is 29.8 Å². The molecule has 3 heterocycles. The number of aryl methyl sites for hydroxylation is 1. The van der Waals surface area contributed by atoms with Crippen LogP contribution in [-0.4, -0.2) is 46.7 Å². The molecule has 184 valence electrons. The van der Waals surface area contributed by atoms with Gasteiger partial charge in [-0.1, -0.05) is 0 Å². The van der Waals surface area contributed by atoms with E-state index in [0.717, 1.165) is 12.1 Å². The number of fused-ring (bicyclic) bond motifs is 1. The molecule has 0 aliphatic carbocycles. The molecule has 0 spiro atoms. The second kappa shape index (κ2) is 9.60. The molecule has 4 rings (SSSR count). The summed E-state index contributed by atoms with van der Waals surface area (Å²) in [6.07, 6.45) is 0. The van der Waals surface area contributed by atoms with Gasteiger partial charge >= 0.3 is 0 Å². The largest absolute Gasteiger partial charge is 0.364 e. The highest BCUT2D eigenvalue weighted by molar-refractivity contribution is 5.89. The number of hydrogen-bond donors (Lipinski definition) is 0. The summed E-state index contributed by atoms with van der Waals surface area (Å²) in [5.74, 6) is -1.47. The van der Waals surface area contributed by atoms with Crippen LogP contribution in [0.25, 0.3) is 11.0 Å². The Hall–Kier alpha value is -3.55. The van der Waals surface area contributed by atoms with Crippen LogP contribution < -0.4 is 15.3 Å². The predicted octanol–water partition coefficient (Wildman–Crippen LogP) is 3.68. The summed E-state index contributed by atoms with van der Waals surface area (Å²) in [6, 6.07) is 8.36. The van der Waals surface area contributed by atoms with Crippen LogP contribution in [0.15, 0.2) is 35.1 Å². The minimum Gasteiger partial charge on any atom is -0.364 e. The maximum atomic E-state index is 14.8. The molecule has 2 aromatic heterocycles. The van der Waals surface area contributed by atoms with Crippen molar-refractivity contribution in [2.75, 3.05) is 25.1 Å². The normalized spacial score (nSPS) is 19.5. The minimum atomic E-state index is -0.711. The highest BCUT2D eigenvalue weighted by Crippen LogP contribution is 2.35. The lowest BCUT2D eigenvalue weighted by atomic mass is 9.99. The van der Waals surface area contributed by atoms with E-state index in [1.807, 2.05) is 18.7 Å². The first-order chi connectivity index (χ1) is 16.7. The molecule has 1 aromatic carbocycles. The molecule has 1 fully saturated rings. The minimum absolute atomic E-state index is 0.0414. The molecule has 1 saturated heterocycles. The molecule has 0 amide bonds. The third-order valence-electron chi connectivity index (χ3n) is 6.67. The molecule has 0 N–H and O–H groups in total. The van der Waals surface area contributed by atoms with Gasteiger partial charge in [0.25, 0.3) is 5.56 Å². The van der Waals surface area contributed by atoms with Gasteiger partial charge in [-0.2, -0.15) is 10.1 Å². The monoisotopic (exact) mass is 483 g/mol. The van der Waals surface area contributed by atoms with Crippen molar-refractivity contribution in [1.82, 2.24) is 14.5 Å². The molecule has 1 aliphatic rings. The number of aromatic nitrogens is 2. The van der Waals surface area contributed by atoms with E-state index >= 15 is 0 Å². The number of nitriles is 1. The summed E-state index contributed by atoms with van der Waals surface area (Å²) >= 11 is 0. The zero-order valence-corrected chi connectivity index (χ0v) is 20.2. The second-order valence-electron chi connectivity index (χ2n) is 8.88. The zero-order valence-electron chi connectivity index (χ0n) is 20.2. The molecule has 10 heteroatoms. The molecule has 0 bridgehead atoms. The van der Waals surface area contributed by atoms with E-state index in [1.54, 1.807) is 26.1 Å². The van der Waals surface area contributed by atoms with Crippen molar-refractivity contribution in [3.05, 3.63) is 63.6 Å². The number of nitrogens with zero attached hydrogens (tertiary/aromatic N) is 5. The van der Waals surface area contributed by atoms with Gasteiger partial charge in [0.1, 0.15) is 28.9 Å². The van der Waals surface area contributed by atoms with Gasteiger partial charge in [0.05, 0.1) is 18.3 Å². The standard InChI is InChI=1S/C25H27F2N5O3/c1-14-13-32(22-10-23(33)30(4)21-7-6-17(11-28)29-25(21)22)15(2)12-31(14)16(3)24-19(26)8-18(35-34-5)9-20(24)27/h6-10,14-16H,12-13H2,1-5H3/t14-,15+,16?/m1/s1. The quantitative estimate of drug-likeness (QED) is 0.404. The molecule has 1 unspecified atom stereocenters.